The van der Waals surface area contributed by atoms with Gasteiger partial charge in [-0.3, -0.25) is 0 Å². The van der Waals surface area contributed by atoms with Crippen LogP contribution >= 0.6 is 0 Å². The molecule has 0 nitrogen and oxygen atoms in total. The van der Waals surface area contributed by atoms with Crippen molar-refractivity contribution < 1.29 is 25.8 Å². The van der Waals surface area contributed by atoms with Gasteiger partial charge in [0.25, 0.3) is 0 Å². The Bertz CT molecular complexity index is 656. The molecule has 2 aliphatic rings. The van der Waals surface area contributed by atoms with Crippen molar-refractivity contribution in [1.82, 2.24) is 0 Å². The molecule has 0 aliphatic heterocycles. The Balaban J connectivity index is 0.000000960. The molecule has 2 atom stereocenters. The molecule has 0 saturated heterocycles. The number of benzene rings is 2. The number of fused-ring (bicyclic) bond motifs is 2. The van der Waals surface area contributed by atoms with Gasteiger partial charge >= 0.3 is 0 Å². The smallest absolute Gasteiger partial charge is 0.0397 e. The molecule has 0 saturated carbocycles. The van der Waals surface area contributed by atoms with Crippen LogP contribution in [0.2, 0.25) is 12.1 Å². The maximum Gasteiger partial charge on any atom is 0.0397 e. The Morgan fingerprint density at radius 3 is 1.61 bits per heavy atom. The van der Waals surface area contributed by atoms with Crippen LogP contribution in [0.4, 0.5) is 0 Å². The van der Waals surface area contributed by atoms with Crippen LogP contribution in [-0.2, 0) is 25.8 Å². The summed E-state index contributed by atoms with van der Waals surface area (Å²) in [6, 6.07) is 20.2. The van der Waals surface area contributed by atoms with E-state index < -0.39 is 0 Å². The molecule has 113 valence electrons. The Kier molecular flexibility index (Phi) is 6.55. The molecule has 2 aromatic rings. The molecule has 0 heterocycles. The average Bonchev–Trinajstić information content (AvgIpc) is 3.13. The van der Waals surface area contributed by atoms with E-state index in [1.165, 1.54) is 34.3 Å². The Morgan fingerprint density at radius 1 is 0.696 bits per heavy atom. The molecule has 0 spiro atoms. The molecule has 3 radical (unpaired) electrons. The summed E-state index contributed by atoms with van der Waals surface area (Å²) >= 11 is 0. The topological polar surface area (TPSA) is 0 Å². The van der Waals surface area contributed by atoms with Gasteiger partial charge in [0.1, 0.15) is 0 Å². The molecule has 4 rings (SSSR count). The normalized spacial score (nSPS) is 19.7. The van der Waals surface area contributed by atoms with Crippen LogP contribution in [0.25, 0.3) is 12.2 Å². The number of hydrogen-bond acceptors (Lipinski definition) is 0. The second kappa shape index (κ2) is 8.21. The Hall–Kier alpha value is -0.993. The van der Waals surface area contributed by atoms with Crippen LogP contribution in [0, 0.1) is 7.43 Å². The largest absolute Gasteiger partial charge is 0.358 e. The fraction of sp³-hybridized carbons (Fsp3) is 0.190. The van der Waals surface area contributed by atoms with Crippen molar-refractivity contribution in [3.05, 3.63) is 90.4 Å². The molecule has 0 N–H and O–H groups in total. The first-order valence-electron chi connectivity index (χ1n) is 7.67. The number of rotatable bonds is 4. The van der Waals surface area contributed by atoms with E-state index in [2.05, 4.69) is 72.8 Å². The van der Waals surface area contributed by atoms with Crippen molar-refractivity contribution in [2.75, 3.05) is 0 Å². The standard InChI is InChI=1S/C20H18Si.CH3.Sc/c1-3-7-19-15(5-1)9-11-17(19)13-21-14-18-12-10-16-6-2-4-8-20(16)18;;/h1-12,17-18H,13-14H2;1H3;/q;-1;. The van der Waals surface area contributed by atoms with Crippen molar-refractivity contribution in [3.63, 3.8) is 0 Å². The van der Waals surface area contributed by atoms with Gasteiger partial charge in [0.05, 0.1) is 0 Å². The van der Waals surface area contributed by atoms with E-state index in [1.54, 1.807) is 0 Å². The van der Waals surface area contributed by atoms with Gasteiger partial charge in [-0.25, -0.2) is 0 Å². The van der Waals surface area contributed by atoms with E-state index in [1.807, 2.05) is 0 Å². The summed E-state index contributed by atoms with van der Waals surface area (Å²) in [6.45, 7) is 0. The predicted octanol–water partition coefficient (Wildman–Crippen LogP) is 5.60. The van der Waals surface area contributed by atoms with Gasteiger partial charge in [-0.05, 0) is 34.1 Å². The summed E-state index contributed by atoms with van der Waals surface area (Å²) in [5.41, 5.74) is 5.87. The summed E-state index contributed by atoms with van der Waals surface area (Å²) in [5.74, 6) is 1.28. The first-order chi connectivity index (χ1) is 10.4. The summed E-state index contributed by atoms with van der Waals surface area (Å²) in [7, 11) is 1.02. The van der Waals surface area contributed by atoms with Crippen LogP contribution in [0.15, 0.2) is 60.7 Å². The molecule has 2 aromatic carbocycles. The van der Waals surface area contributed by atoms with E-state index in [4.69, 9.17) is 0 Å². The van der Waals surface area contributed by atoms with E-state index in [0.29, 0.717) is 11.8 Å². The predicted molar refractivity (Wildman–Crippen MR) is 98.2 cm³/mol. The molecule has 0 fully saturated rings. The fourth-order valence-corrected chi connectivity index (χ4v) is 4.90. The Labute approximate surface area is 161 Å². The first kappa shape index (κ1) is 18.3. The molecule has 2 unspecified atom stereocenters. The van der Waals surface area contributed by atoms with Gasteiger partial charge in [-0.2, -0.15) is 0 Å². The zero-order valence-corrected chi connectivity index (χ0v) is 16.4. The second-order valence-corrected chi connectivity index (χ2v) is 7.16. The summed E-state index contributed by atoms with van der Waals surface area (Å²) in [5, 5.41) is 0. The summed E-state index contributed by atoms with van der Waals surface area (Å²) in [4.78, 5) is 0. The third-order valence-corrected chi connectivity index (χ3v) is 5.99. The molecule has 2 heteroatoms. The van der Waals surface area contributed by atoms with Crippen LogP contribution in [-0.4, -0.2) is 9.52 Å². The van der Waals surface area contributed by atoms with E-state index in [0.717, 1.165) is 9.52 Å². The number of hydrogen-bond donors (Lipinski definition) is 0. The summed E-state index contributed by atoms with van der Waals surface area (Å²) < 4.78 is 0. The van der Waals surface area contributed by atoms with Crippen molar-refractivity contribution >= 4 is 21.7 Å². The summed E-state index contributed by atoms with van der Waals surface area (Å²) in [6.07, 6.45) is 9.34. The van der Waals surface area contributed by atoms with Gasteiger partial charge in [-0.15, -0.1) is 0 Å². The minimum absolute atomic E-state index is 0. The molecule has 23 heavy (non-hydrogen) atoms. The molecular weight excluding hydrogens is 325 g/mol. The quantitative estimate of drug-likeness (QED) is 0.500. The molecular formula is C21H21ScSi-. The van der Waals surface area contributed by atoms with E-state index in [-0.39, 0.29) is 33.3 Å². The maximum atomic E-state index is 2.39. The maximum absolute atomic E-state index is 2.39. The van der Waals surface area contributed by atoms with Gasteiger partial charge in [-0.1, -0.05) is 84.9 Å². The minimum atomic E-state index is 0. The number of allylic oxidation sites excluding steroid dienone is 2. The van der Waals surface area contributed by atoms with Crippen molar-refractivity contribution in [1.29, 1.82) is 0 Å². The monoisotopic (exact) mass is 346 g/mol. The SMILES string of the molecule is C1=CC(C[Si]CC2C=Cc3ccccc32)c2ccccc21.[CH3-].[Sc]. The fourth-order valence-electron chi connectivity index (χ4n) is 3.40. The molecule has 0 bridgehead atoms. The van der Waals surface area contributed by atoms with Gasteiger partial charge < -0.3 is 7.43 Å². The van der Waals surface area contributed by atoms with Gasteiger partial charge in [0.15, 0.2) is 0 Å². The van der Waals surface area contributed by atoms with Crippen LogP contribution < -0.4 is 0 Å². The zero-order valence-electron chi connectivity index (χ0n) is 13.6. The minimum Gasteiger partial charge on any atom is -0.358 e. The molecule has 2 aliphatic carbocycles. The van der Waals surface area contributed by atoms with Gasteiger partial charge in [0.2, 0.25) is 0 Å². The van der Waals surface area contributed by atoms with Crippen LogP contribution in [0.3, 0.4) is 0 Å². The zero-order chi connectivity index (χ0) is 14.1. The molecule has 0 aromatic heterocycles. The third kappa shape index (κ3) is 3.75. The second-order valence-electron chi connectivity index (χ2n) is 5.85. The van der Waals surface area contributed by atoms with Gasteiger partial charge in [0, 0.05) is 35.4 Å². The first-order valence-corrected chi connectivity index (χ1v) is 9.08. The molecule has 0 amide bonds. The van der Waals surface area contributed by atoms with E-state index in [9.17, 15) is 0 Å². The van der Waals surface area contributed by atoms with Crippen LogP contribution in [0.1, 0.15) is 34.1 Å². The van der Waals surface area contributed by atoms with Crippen molar-refractivity contribution in [2.24, 2.45) is 0 Å². The average molecular weight is 346 g/mol. The van der Waals surface area contributed by atoms with Crippen molar-refractivity contribution in [3.8, 4) is 0 Å². The van der Waals surface area contributed by atoms with E-state index >= 15 is 0 Å². The Morgan fingerprint density at radius 2 is 1.13 bits per heavy atom. The van der Waals surface area contributed by atoms with Crippen molar-refractivity contribution in [2.45, 2.75) is 23.9 Å². The third-order valence-electron chi connectivity index (χ3n) is 4.54. The van der Waals surface area contributed by atoms with Crippen LogP contribution in [0.5, 0.6) is 0 Å².